The molecule has 0 bridgehead atoms. The summed E-state index contributed by atoms with van der Waals surface area (Å²) in [7, 11) is 0. The van der Waals surface area contributed by atoms with Crippen LogP contribution < -0.4 is 0 Å². The van der Waals surface area contributed by atoms with Gasteiger partial charge in [0.2, 0.25) is 0 Å². The molecule has 0 rings (SSSR count). The molecule has 1 unspecified atom stereocenters. The quantitative estimate of drug-likeness (QED) is 0.0264. The molecule has 0 aromatic carbocycles. The molecule has 57 heavy (non-hydrogen) atoms. The number of allylic oxidation sites excluding steroid dienone is 2. The third-order valence-electron chi connectivity index (χ3n) is 11.3. The van der Waals surface area contributed by atoms with Crippen LogP contribution in [-0.2, 0) is 28.6 Å². The molecule has 0 N–H and O–H groups in total. The normalized spacial score (nSPS) is 12.0. The highest BCUT2D eigenvalue weighted by molar-refractivity contribution is 5.71. The van der Waals surface area contributed by atoms with Crippen LogP contribution in [0.1, 0.15) is 278 Å². The van der Waals surface area contributed by atoms with Crippen LogP contribution in [0.5, 0.6) is 0 Å². The Morgan fingerprint density at radius 2 is 0.596 bits per heavy atom. The van der Waals surface area contributed by atoms with Crippen molar-refractivity contribution in [1.29, 1.82) is 0 Å². The molecule has 6 nitrogen and oxygen atoms in total. The van der Waals surface area contributed by atoms with Gasteiger partial charge in [0, 0.05) is 19.3 Å². The second-order valence-corrected chi connectivity index (χ2v) is 17.1. The van der Waals surface area contributed by atoms with Crippen molar-refractivity contribution in [2.45, 2.75) is 284 Å². The van der Waals surface area contributed by atoms with E-state index in [1.54, 1.807) is 0 Å². The van der Waals surface area contributed by atoms with Crippen LogP contribution in [0.15, 0.2) is 12.2 Å². The molecule has 0 spiro atoms. The highest BCUT2D eigenvalue weighted by atomic mass is 16.6. The van der Waals surface area contributed by atoms with E-state index in [-0.39, 0.29) is 31.1 Å². The number of rotatable bonds is 46. The van der Waals surface area contributed by atoms with Crippen LogP contribution in [-0.4, -0.2) is 37.2 Å². The average Bonchev–Trinajstić information content (AvgIpc) is 3.21. The second-order valence-electron chi connectivity index (χ2n) is 17.1. The minimum absolute atomic E-state index is 0.0683. The largest absolute Gasteiger partial charge is 0.462 e. The maximum absolute atomic E-state index is 12.8. The molecule has 0 aliphatic carbocycles. The summed E-state index contributed by atoms with van der Waals surface area (Å²) in [6.45, 7) is 6.62. The van der Waals surface area contributed by atoms with Gasteiger partial charge in [-0.1, -0.05) is 232 Å². The summed E-state index contributed by atoms with van der Waals surface area (Å²) < 4.78 is 16.8. The van der Waals surface area contributed by atoms with Gasteiger partial charge in [0.15, 0.2) is 6.10 Å². The summed E-state index contributed by atoms with van der Waals surface area (Å²) in [4.78, 5) is 37.8. The van der Waals surface area contributed by atoms with Crippen LogP contribution >= 0.6 is 0 Å². The zero-order valence-corrected chi connectivity index (χ0v) is 38.4. The number of unbranched alkanes of at least 4 members (excludes halogenated alkanes) is 33. The highest BCUT2D eigenvalue weighted by Crippen LogP contribution is 2.16. The molecule has 0 aliphatic rings. The van der Waals surface area contributed by atoms with Crippen LogP contribution in [0, 0.1) is 0 Å². The Morgan fingerprint density at radius 3 is 0.930 bits per heavy atom. The minimum Gasteiger partial charge on any atom is -0.462 e. The van der Waals surface area contributed by atoms with E-state index in [0.29, 0.717) is 19.3 Å². The van der Waals surface area contributed by atoms with Crippen molar-refractivity contribution in [2.24, 2.45) is 0 Å². The van der Waals surface area contributed by atoms with Crippen LogP contribution in [0.3, 0.4) is 0 Å². The summed E-state index contributed by atoms with van der Waals surface area (Å²) in [6, 6.07) is 0. The van der Waals surface area contributed by atoms with Gasteiger partial charge in [0.05, 0.1) is 0 Å². The first-order chi connectivity index (χ1) is 28.0. The Morgan fingerprint density at radius 1 is 0.333 bits per heavy atom. The molecule has 0 saturated heterocycles. The zero-order valence-electron chi connectivity index (χ0n) is 38.4. The molecule has 0 aromatic rings. The molecule has 336 valence electrons. The molecular weight excluding hydrogens is 709 g/mol. The fourth-order valence-corrected chi connectivity index (χ4v) is 7.42. The summed E-state index contributed by atoms with van der Waals surface area (Å²) in [6.07, 6.45) is 50.5. The maximum Gasteiger partial charge on any atom is 0.306 e. The number of esters is 3. The first kappa shape index (κ1) is 55.2. The monoisotopic (exact) mass is 805 g/mol. The van der Waals surface area contributed by atoms with Gasteiger partial charge in [-0.2, -0.15) is 0 Å². The Bertz CT molecular complexity index is 885. The molecule has 0 fully saturated rings. The van der Waals surface area contributed by atoms with Gasteiger partial charge in [0.1, 0.15) is 13.2 Å². The lowest BCUT2D eigenvalue weighted by molar-refractivity contribution is -0.167. The first-order valence-corrected chi connectivity index (χ1v) is 25.2. The van der Waals surface area contributed by atoms with Crippen molar-refractivity contribution in [3.8, 4) is 0 Å². The van der Waals surface area contributed by atoms with E-state index in [2.05, 4.69) is 32.9 Å². The summed E-state index contributed by atoms with van der Waals surface area (Å²) in [5, 5.41) is 0. The third kappa shape index (κ3) is 45.1. The molecule has 0 heterocycles. The first-order valence-electron chi connectivity index (χ1n) is 25.2. The highest BCUT2D eigenvalue weighted by Gasteiger charge is 2.19. The van der Waals surface area contributed by atoms with Crippen molar-refractivity contribution in [1.82, 2.24) is 0 Å². The van der Waals surface area contributed by atoms with E-state index in [0.717, 1.165) is 77.0 Å². The molecular formula is C51H96O6. The number of hydrogen-bond acceptors (Lipinski definition) is 6. The molecule has 0 saturated carbocycles. The van der Waals surface area contributed by atoms with E-state index in [9.17, 15) is 14.4 Å². The predicted octanol–water partition coefficient (Wildman–Crippen LogP) is 16.2. The Hall–Kier alpha value is -1.85. The molecule has 0 aliphatic heterocycles. The van der Waals surface area contributed by atoms with E-state index >= 15 is 0 Å². The van der Waals surface area contributed by atoms with E-state index in [1.807, 2.05) is 0 Å². The van der Waals surface area contributed by atoms with Crippen LogP contribution in [0.2, 0.25) is 0 Å². The van der Waals surface area contributed by atoms with E-state index in [4.69, 9.17) is 14.2 Å². The summed E-state index contributed by atoms with van der Waals surface area (Å²) in [5.41, 5.74) is 0. The Labute approximate surface area is 354 Å². The van der Waals surface area contributed by atoms with E-state index in [1.165, 1.54) is 161 Å². The lowest BCUT2D eigenvalue weighted by atomic mass is 10.0. The predicted molar refractivity (Wildman–Crippen MR) is 243 cm³/mol. The van der Waals surface area contributed by atoms with Gasteiger partial charge in [-0.3, -0.25) is 14.4 Å². The fraction of sp³-hybridized carbons (Fsp3) is 0.902. The lowest BCUT2D eigenvalue weighted by Gasteiger charge is -2.18. The lowest BCUT2D eigenvalue weighted by Crippen LogP contribution is -2.30. The molecule has 1 atom stereocenters. The maximum atomic E-state index is 12.8. The van der Waals surface area contributed by atoms with E-state index < -0.39 is 6.10 Å². The SMILES string of the molecule is CCCC/C=C\CCCCCCC(=O)OCC(COC(=O)CCCCCCCCCCCCCCCCC)OC(=O)CCCCCCCCCCCCCCCC. The van der Waals surface area contributed by atoms with Crippen LogP contribution in [0.25, 0.3) is 0 Å². The van der Waals surface area contributed by atoms with Crippen molar-refractivity contribution < 1.29 is 28.6 Å². The standard InChI is InChI=1S/C51H96O6/c1-4-7-10-13-16-19-22-24-26-28-29-32-35-38-41-44-50(53)56-47-48(46-55-49(52)43-40-37-34-31-21-18-15-12-9-6-3)57-51(54)45-42-39-36-33-30-27-25-23-20-17-14-11-8-5-2/h15,18,48H,4-14,16-17,19-47H2,1-3H3/b18-15-. The topological polar surface area (TPSA) is 78.9 Å². The van der Waals surface area contributed by atoms with Gasteiger partial charge >= 0.3 is 17.9 Å². The average molecular weight is 805 g/mol. The van der Waals surface area contributed by atoms with Crippen molar-refractivity contribution in [2.75, 3.05) is 13.2 Å². The number of carbonyl (C=O) groups excluding carboxylic acids is 3. The van der Waals surface area contributed by atoms with Crippen molar-refractivity contribution >= 4 is 17.9 Å². The summed E-state index contributed by atoms with van der Waals surface area (Å²) in [5.74, 6) is -0.868. The Balaban J connectivity index is 4.30. The number of ether oxygens (including phenoxy) is 3. The molecule has 6 heteroatoms. The smallest absolute Gasteiger partial charge is 0.306 e. The Kier molecular flexibility index (Phi) is 45.3. The fourth-order valence-electron chi connectivity index (χ4n) is 7.42. The molecule has 0 aromatic heterocycles. The molecule has 0 amide bonds. The minimum atomic E-state index is -0.766. The third-order valence-corrected chi connectivity index (χ3v) is 11.3. The van der Waals surface area contributed by atoms with Gasteiger partial charge in [0.25, 0.3) is 0 Å². The van der Waals surface area contributed by atoms with Gasteiger partial charge in [-0.05, 0) is 38.5 Å². The van der Waals surface area contributed by atoms with Crippen molar-refractivity contribution in [3.63, 3.8) is 0 Å². The van der Waals surface area contributed by atoms with Gasteiger partial charge < -0.3 is 14.2 Å². The van der Waals surface area contributed by atoms with Gasteiger partial charge in [-0.25, -0.2) is 0 Å². The number of carbonyl (C=O) groups is 3. The number of hydrogen-bond donors (Lipinski definition) is 0. The molecule has 0 radical (unpaired) electrons. The second kappa shape index (κ2) is 46.8. The van der Waals surface area contributed by atoms with Gasteiger partial charge in [-0.15, -0.1) is 0 Å². The zero-order chi connectivity index (χ0) is 41.5. The summed E-state index contributed by atoms with van der Waals surface area (Å²) >= 11 is 0. The van der Waals surface area contributed by atoms with Crippen LogP contribution in [0.4, 0.5) is 0 Å². The van der Waals surface area contributed by atoms with Crippen molar-refractivity contribution in [3.05, 3.63) is 12.2 Å².